The van der Waals surface area contributed by atoms with Crippen molar-refractivity contribution in [1.82, 2.24) is 5.32 Å². The number of thiol groups is 1. The van der Waals surface area contributed by atoms with Gasteiger partial charge in [-0.3, -0.25) is 4.79 Å². The van der Waals surface area contributed by atoms with Gasteiger partial charge >= 0.3 is 6.03 Å². The van der Waals surface area contributed by atoms with Crippen LogP contribution in [0.4, 0.5) is 20.6 Å². The maximum Gasteiger partial charge on any atom is 0.331 e. The Morgan fingerprint density at radius 3 is 2.43 bits per heavy atom. The molecule has 3 amide bonds. The number of urea groups is 1. The SMILES string of the molecule is Cc1cccc(CCNC(=O)N(S)c2ccc(NC(=O)c3ccccc3F)cc2)c1. The maximum absolute atomic E-state index is 13.7. The number of halogens is 1. The van der Waals surface area contributed by atoms with Gasteiger partial charge in [-0.1, -0.05) is 54.8 Å². The molecule has 0 aliphatic rings. The number of nitrogens with zero attached hydrogens (tertiary/aromatic N) is 1. The van der Waals surface area contributed by atoms with Crippen LogP contribution in [0.1, 0.15) is 21.5 Å². The summed E-state index contributed by atoms with van der Waals surface area (Å²) < 4.78 is 14.9. The first-order chi connectivity index (χ1) is 14.4. The topological polar surface area (TPSA) is 61.4 Å². The average Bonchev–Trinajstić information content (AvgIpc) is 2.74. The molecule has 0 aromatic heterocycles. The van der Waals surface area contributed by atoms with E-state index in [2.05, 4.69) is 29.5 Å². The van der Waals surface area contributed by atoms with Crippen LogP contribution in [0.2, 0.25) is 0 Å². The molecule has 2 N–H and O–H groups in total. The number of nitrogens with one attached hydrogen (secondary N) is 2. The molecule has 0 spiro atoms. The molecule has 3 rings (SSSR count). The van der Waals surface area contributed by atoms with Crippen molar-refractivity contribution in [3.8, 4) is 0 Å². The molecule has 0 aliphatic carbocycles. The number of carbonyl (C=O) groups is 2. The predicted molar refractivity (Wildman–Crippen MR) is 121 cm³/mol. The highest BCUT2D eigenvalue weighted by Gasteiger charge is 2.13. The summed E-state index contributed by atoms with van der Waals surface area (Å²) in [7, 11) is 0. The molecule has 0 saturated carbocycles. The van der Waals surface area contributed by atoms with Gasteiger partial charge in [-0.05, 0) is 55.3 Å². The van der Waals surface area contributed by atoms with Gasteiger partial charge in [0.2, 0.25) is 0 Å². The van der Waals surface area contributed by atoms with Gasteiger partial charge in [0, 0.05) is 12.2 Å². The lowest BCUT2D eigenvalue weighted by Crippen LogP contribution is -2.35. The molecule has 0 saturated heterocycles. The number of aryl methyl sites for hydroxylation is 1. The van der Waals surface area contributed by atoms with E-state index in [4.69, 9.17) is 0 Å². The minimum Gasteiger partial charge on any atom is -0.337 e. The number of amides is 3. The number of carbonyl (C=O) groups excluding carboxylic acids is 2. The van der Waals surface area contributed by atoms with Crippen LogP contribution < -0.4 is 14.9 Å². The average molecular weight is 424 g/mol. The highest BCUT2D eigenvalue weighted by atomic mass is 32.1. The van der Waals surface area contributed by atoms with E-state index in [-0.39, 0.29) is 11.6 Å². The summed E-state index contributed by atoms with van der Waals surface area (Å²) >= 11 is 4.25. The molecule has 7 heteroatoms. The van der Waals surface area contributed by atoms with E-state index >= 15 is 0 Å². The third-order valence-electron chi connectivity index (χ3n) is 4.45. The second kappa shape index (κ2) is 9.93. The van der Waals surface area contributed by atoms with Crippen molar-refractivity contribution in [2.45, 2.75) is 13.3 Å². The fraction of sp³-hybridized carbons (Fsp3) is 0.130. The van der Waals surface area contributed by atoms with Crippen LogP contribution >= 0.6 is 12.8 Å². The Bertz CT molecular complexity index is 1040. The molecular formula is C23H22FN3O2S. The fourth-order valence-corrected chi connectivity index (χ4v) is 3.11. The molecule has 0 unspecified atom stereocenters. The maximum atomic E-state index is 13.7. The summed E-state index contributed by atoms with van der Waals surface area (Å²) in [5.74, 6) is -1.13. The monoisotopic (exact) mass is 423 g/mol. The van der Waals surface area contributed by atoms with E-state index in [0.717, 1.165) is 12.0 Å². The number of benzene rings is 3. The van der Waals surface area contributed by atoms with Gasteiger partial charge in [-0.2, -0.15) is 0 Å². The zero-order chi connectivity index (χ0) is 21.5. The highest BCUT2D eigenvalue weighted by Crippen LogP contribution is 2.20. The first-order valence-corrected chi connectivity index (χ1v) is 9.82. The largest absolute Gasteiger partial charge is 0.337 e. The van der Waals surface area contributed by atoms with Gasteiger partial charge in [0.1, 0.15) is 5.82 Å². The third-order valence-corrected chi connectivity index (χ3v) is 4.87. The smallest absolute Gasteiger partial charge is 0.331 e. The van der Waals surface area contributed by atoms with Crippen LogP contribution in [0.3, 0.4) is 0 Å². The first kappa shape index (κ1) is 21.4. The minimum atomic E-state index is -0.588. The summed E-state index contributed by atoms with van der Waals surface area (Å²) in [5.41, 5.74) is 3.31. The summed E-state index contributed by atoms with van der Waals surface area (Å²) in [6, 6.07) is 20.1. The second-order valence-corrected chi connectivity index (χ2v) is 7.16. The standard InChI is InChI=1S/C23H22FN3O2S/c1-16-5-4-6-17(15-16)13-14-25-23(29)27(30)19-11-9-18(10-12-19)26-22(28)20-7-2-3-8-21(20)24/h2-12,15,30H,13-14H2,1H3,(H,25,29)(H,26,28). The van der Waals surface area contributed by atoms with Gasteiger partial charge < -0.3 is 10.6 Å². The Morgan fingerprint density at radius 2 is 1.73 bits per heavy atom. The summed E-state index contributed by atoms with van der Waals surface area (Å²) in [5, 5.41) is 5.45. The van der Waals surface area contributed by atoms with Crippen molar-refractivity contribution in [2.75, 3.05) is 16.2 Å². The van der Waals surface area contributed by atoms with E-state index in [0.29, 0.717) is 17.9 Å². The van der Waals surface area contributed by atoms with Gasteiger partial charge in [-0.15, -0.1) is 0 Å². The Labute approximate surface area is 180 Å². The normalized spacial score (nSPS) is 10.4. The molecule has 3 aromatic carbocycles. The Hall–Kier alpha value is -3.32. The van der Waals surface area contributed by atoms with Crippen LogP contribution in [0.25, 0.3) is 0 Å². The van der Waals surface area contributed by atoms with E-state index in [1.165, 1.54) is 28.1 Å². The molecule has 3 aromatic rings. The van der Waals surface area contributed by atoms with Crippen molar-refractivity contribution in [3.63, 3.8) is 0 Å². The Morgan fingerprint density at radius 1 is 1.00 bits per heavy atom. The molecule has 30 heavy (non-hydrogen) atoms. The fourth-order valence-electron chi connectivity index (χ4n) is 2.90. The van der Waals surface area contributed by atoms with Crippen LogP contribution in [0.5, 0.6) is 0 Å². The molecule has 5 nitrogen and oxygen atoms in total. The lowest BCUT2D eigenvalue weighted by atomic mass is 10.1. The lowest BCUT2D eigenvalue weighted by molar-refractivity contribution is 0.102. The van der Waals surface area contributed by atoms with E-state index < -0.39 is 11.7 Å². The van der Waals surface area contributed by atoms with Gasteiger partial charge in [0.05, 0.1) is 11.3 Å². The number of hydrogen-bond donors (Lipinski definition) is 3. The summed E-state index contributed by atoms with van der Waals surface area (Å²) in [6.07, 6.45) is 0.718. The Kier molecular flexibility index (Phi) is 7.08. The van der Waals surface area contributed by atoms with Crippen LogP contribution in [0, 0.1) is 12.7 Å². The molecule has 0 atom stereocenters. The molecule has 0 radical (unpaired) electrons. The first-order valence-electron chi connectivity index (χ1n) is 9.42. The van der Waals surface area contributed by atoms with Gasteiger partial charge in [0.15, 0.2) is 0 Å². The van der Waals surface area contributed by atoms with Crippen LogP contribution in [-0.2, 0) is 6.42 Å². The quantitative estimate of drug-likeness (QED) is 0.489. The van der Waals surface area contributed by atoms with E-state index in [9.17, 15) is 14.0 Å². The van der Waals surface area contributed by atoms with Crippen molar-refractivity contribution in [3.05, 3.63) is 95.3 Å². The highest BCUT2D eigenvalue weighted by molar-refractivity contribution is 7.82. The van der Waals surface area contributed by atoms with Crippen molar-refractivity contribution >= 4 is 36.1 Å². The number of rotatable bonds is 6. The summed E-state index contributed by atoms with van der Waals surface area (Å²) in [6.45, 7) is 2.51. The molecule has 0 bridgehead atoms. The third kappa shape index (κ3) is 5.61. The van der Waals surface area contributed by atoms with Crippen LogP contribution in [-0.4, -0.2) is 18.5 Å². The minimum absolute atomic E-state index is 0.0367. The van der Waals surface area contributed by atoms with Gasteiger partial charge in [-0.25, -0.2) is 13.5 Å². The lowest BCUT2D eigenvalue weighted by Gasteiger charge is -2.17. The van der Waals surface area contributed by atoms with Crippen molar-refractivity contribution in [1.29, 1.82) is 0 Å². The molecule has 0 heterocycles. The van der Waals surface area contributed by atoms with Crippen LogP contribution in [0.15, 0.2) is 72.8 Å². The summed E-state index contributed by atoms with van der Waals surface area (Å²) in [4.78, 5) is 24.5. The van der Waals surface area contributed by atoms with Crippen molar-refractivity contribution in [2.24, 2.45) is 0 Å². The molecule has 0 fully saturated rings. The zero-order valence-corrected chi connectivity index (χ0v) is 17.3. The Balaban J connectivity index is 1.53. The number of hydrogen-bond acceptors (Lipinski definition) is 3. The van der Waals surface area contributed by atoms with E-state index in [1.807, 2.05) is 25.1 Å². The van der Waals surface area contributed by atoms with E-state index in [1.54, 1.807) is 30.3 Å². The number of anilines is 2. The second-order valence-electron chi connectivity index (χ2n) is 6.76. The molecule has 154 valence electrons. The van der Waals surface area contributed by atoms with Gasteiger partial charge in [0.25, 0.3) is 5.91 Å². The predicted octanol–water partition coefficient (Wildman–Crippen LogP) is 4.99. The molecule has 0 aliphatic heterocycles. The zero-order valence-electron chi connectivity index (χ0n) is 16.4. The molecular weight excluding hydrogens is 401 g/mol. The van der Waals surface area contributed by atoms with Crippen molar-refractivity contribution < 1.29 is 14.0 Å².